The third kappa shape index (κ3) is 7.98. The zero-order valence-electron chi connectivity index (χ0n) is 14.3. The van der Waals surface area contributed by atoms with Crippen molar-refractivity contribution in [2.75, 3.05) is 18.4 Å². The highest BCUT2D eigenvalue weighted by Crippen LogP contribution is 2.23. The summed E-state index contributed by atoms with van der Waals surface area (Å²) >= 11 is 0. The molecule has 0 fully saturated rings. The SMILES string of the molecule is I.NC(=NCCNC(=O)c1ccccc1F)Nc1ccc(OC(F)(F)F)cc1. The van der Waals surface area contributed by atoms with Gasteiger partial charge in [0.25, 0.3) is 5.91 Å². The van der Waals surface area contributed by atoms with Gasteiger partial charge in [-0.25, -0.2) is 4.39 Å². The Labute approximate surface area is 175 Å². The normalized spacial score (nSPS) is 11.4. The largest absolute Gasteiger partial charge is 0.573 e. The second kappa shape index (κ2) is 10.7. The van der Waals surface area contributed by atoms with Gasteiger partial charge in [-0.15, -0.1) is 37.1 Å². The van der Waals surface area contributed by atoms with Gasteiger partial charge in [-0.1, -0.05) is 12.1 Å². The van der Waals surface area contributed by atoms with Crippen molar-refractivity contribution < 1.29 is 27.1 Å². The van der Waals surface area contributed by atoms with E-state index < -0.39 is 18.1 Å². The molecular formula is C17H17F4IN4O2. The molecule has 0 bridgehead atoms. The molecule has 28 heavy (non-hydrogen) atoms. The Morgan fingerprint density at radius 1 is 1.11 bits per heavy atom. The van der Waals surface area contributed by atoms with Crippen molar-refractivity contribution in [3.63, 3.8) is 0 Å². The third-order valence-corrected chi connectivity index (χ3v) is 3.16. The van der Waals surface area contributed by atoms with Gasteiger partial charge >= 0.3 is 6.36 Å². The van der Waals surface area contributed by atoms with E-state index in [1.807, 2.05) is 0 Å². The van der Waals surface area contributed by atoms with Crippen molar-refractivity contribution >= 4 is 41.5 Å². The van der Waals surface area contributed by atoms with Gasteiger partial charge in [0, 0.05) is 12.2 Å². The highest BCUT2D eigenvalue weighted by molar-refractivity contribution is 14.0. The first-order valence-electron chi connectivity index (χ1n) is 7.70. The van der Waals surface area contributed by atoms with Crippen molar-refractivity contribution in [1.29, 1.82) is 0 Å². The van der Waals surface area contributed by atoms with E-state index in [4.69, 9.17) is 5.73 Å². The summed E-state index contributed by atoms with van der Waals surface area (Å²) in [6.07, 6.45) is -4.76. The van der Waals surface area contributed by atoms with Crippen molar-refractivity contribution in [1.82, 2.24) is 5.32 Å². The van der Waals surface area contributed by atoms with Crippen LogP contribution in [-0.2, 0) is 0 Å². The Hall–Kier alpha value is -2.57. The average molecular weight is 512 g/mol. The van der Waals surface area contributed by atoms with Crippen LogP contribution >= 0.6 is 24.0 Å². The summed E-state index contributed by atoms with van der Waals surface area (Å²) in [4.78, 5) is 15.7. The lowest BCUT2D eigenvalue weighted by Crippen LogP contribution is -2.29. The standard InChI is InChI=1S/C17H16F4N4O2.HI/c18-14-4-2-1-3-13(14)15(26)23-9-10-24-16(22)25-11-5-7-12(8-6-11)27-17(19,20)21;/h1-8H,9-10H2,(H,23,26)(H3,22,24,25);1H. The number of hydrogen-bond acceptors (Lipinski definition) is 3. The molecule has 4 N–H and O–H groups in total. The van der Waals surface area contributed by atoms with Gasteiger partial charge in [0.05, 0.1) is 12.1 Å². The molecule has 0 saturated heterocycles. The summed E-state index contributed by atoms with van der Waals surface area (Å²) in [6.45, 7) is 0.238. The number of benzene rings is 2. The molecule has 0 heterocycles. The monoisotopic (exact) mass is 512 g/mol. The minimum atomic E-state index is -4.76. The van der Waals surface area contributed by atoms with E-state index in [1.165, 1.54) is 30.3 Å². The molecule has 0 aromatic heterocycles. The number of alkyl halides is 3. The van der Waals surface area contributed by atoms with Crippen molar-refractivity contribution in [2.24, 2.45) is 10.7 Å². The van der Waals surface area contributed by atoms with Crippen LogP contribution in [0.1, 0.15) is 10.4 Å². The molecule has 0 radical (unpaired) electrons. The van der Waals surface area contributed by atoms with E-state index in [1.54, 1.807) is 6.07 Å². The van der Waals surface area contributed by atoms with Gasteiger partial charge in [-0.3, -0.25) is 9.79 Å². The molecule has 0 aliphatic heterocycles. The first-order chi connectivity index (χ1) is 12.7. The van der Waals surface area contributed by atoms with Crippen LogP contribution in [0, 0.1) is 5.82 Å². The van der Waals surface area contributed by atoms with E-state index in [0.717, 1.165) is 12.1 Å². The van der Waals surface area contributed by atoms with Crippen molar-refractivity contribution in [3.8, 4) is 5.75 Å². The predicted octanol–water partition coefficient (Wildman–Crippen LogP) is 3.50. The number of carbonyl (C=O) groups excluding carboxylic acids is 1. The quantitative estimate of drug-likeness (QED) is 0.182. The predicted molar refractivity (Wildman–Crippen MR) is 107 cm³/mol. The molecule has 0 aliphatic rings. The van der Waals surface area contributed by atoms with Gasteiger partial charge in [0.2, 0.25) is 0 Å². The first kappa shape index (κ1) is 23.5. The number of hydrogen-bond donors (Lipinski definition) is 3. The van der Waals surface area contributed by atoms with Crippen LogP contribution < -0.4 is 21.1 Å². The zero-order chi connectivity index (χ0) is 19.9. The van der Waals surface area contributed by atoms with Gasteiger partial charge < -0.3 is 21.1 Å². The molecule has 0 atom stereocenters. The Morgan fingerprint density at radius 3 is 2.36 bits per heavy atom. The highest BCUT2D eigenvalue weighted by Gasteiger charge is 2.30. The Morgan fingerprint density at radius 2 is 1.75 bits per heavy atom. The van der Waals surface area contributed by atoms with Crippen LogP contribution in [0.15, 0.2) is 53.5 Å². The van der Waals surface area contributed by atoms with Crippen LogP contribution in [0.5, 0.6) is 5.75 Å². The summed E-state index contributed by atoms with van der Waals surface area (Å²) < 4.78 is 53.5. The van der Waals surface area contributed by atoms with E-state index in [9.17, 15) is 22.4 Å². The second-order valence-electron chi connectivity index (χ2n) is 5.20. The third-order valence-electron chi connectivity index (χ3n) is 3.16. The number of nitrogens with two attached hydrogens (primary N) is 1. The summed E-state index contributed by atoms with van der Waals surface area (Å²) in [6, 6.07) is 10.5. The van der Waals surface area contributed by atoms with E-state index in [2.05, 4.69) is 20.4 Å². The average Bonchev–Trinajstić information content (AvgIpc) is 2.59. The number of halogens is 5. The molecule has 1 amide bonds. The number of amides is 1. The molecule has 0 unspecified atom stereocenters. The molecule has 152 valence electrons. The number of rotatable bonds is 6. The summed E-state index contributed by atoms with van der Waals surface area (Å²) in [5, 5.41) is 5.17. The van der Waals surface area contributed by atoms with Crippen LogP contribution in [0.25, 0.3) is 0 Å². The zero-order valence-corrected chi connectivity index (χ0v) is 16.6. The maximum absolute atomic E-state index is 13.4. The lowest BCUT2D eigenvalue weighted by molar-refractivity contribution is -0.274. The minimum Gasteiger partial charge on any atom is -0.406 e. The Kier molecular flexibility index (Phi) is 8.96. The number of anilines is 1. The molecule has 11 heteroatoms. The minimum absolute atomic E-state index is 0. The van der Waals surface area contributed by atoms with Gasteiger partial charge in [-0.05, 0) is 36.4 Å². The molecule has 2 rings (SSSR count). The maximum Gasteiger partial charge on any atom is 0.573 e. The smallest absolute Gasteiger partial charge is 0.406 e. The van der Waals surface area contributed by atoms with Gasteiger partial charge in [0.15, 0.2) is 5.96 Å². The number of nitrogens with one attached hydrogen (secondary N) is 2. The van der Waals surface area contributed by atoms with E-state index in [0.29, 0.717) is 5.69 Å². The van der Waals surface area contributed by atoms with Crippen molar-refractivity contribution in [3.05, 3.63) is 59.9 Å². The fraction of sp³-hybridized carbons (Fsp3) is 0.176. The first-order valence-corrected chi connectivity index (χ1v) is 7.70. The molecule has 0 saturated carbocycles. The number of guanidine groups is 1. The molecule has 6 nitrogen and oxygen atoms in total. The molecular weight excluding hydrogens is 495 g/mol. The molecule has 2 aromatic carbocycles. The number of nitrogens with zero attached hydrogens (tertiary/aromatic N) is 1. The second-order valence-corrected chi connectivity index (χ2v) is 5.20. The lowest BCUT2D eigenvalue weighted by atomic mass is 10.2. The van der Waals surface area contributed by atoms with E-state index >= 15 is 0 Å². The maximum atomic E-state index is 13.4. The van der Waals surface area contributed by atoms with Crippen molar-refractivity contribution in [2.45, 2.75) is 6.36 Å². The Bertz CT molecular complexity index is 814. The number of carbonyl (C=O) groups is 1. The fourth-order valence-corrected chi connectivity index (χ4v) is 2.01. The lowest BCUT2D eigenvalue weighted by Gasteiger charge is -2.10. The van der Waals surface area contributed by atoms with Crippen LogP contribution in [0.3, 0.4) is 0 Å². The van der Waals surface area contributed by atoms with Crippen LogP contribution in [0.4, 0.5) is 23.2 Å². The number of ether oxygens (including phenoxy) is 1. The molecule has 0 spiro atoms. The number of aliphatic imine (C=N–C) groups is 1. The summed E-state index contributed by atoms with van der Waals surface area (Å²) in [5.41, 5.74) is 5.98. The topological polar surface area (TPSA) is 88.7 Å². The summed E-state index contributed by atoms with van der Waals surface area (Å²) in [5.74, 6) is -1.56. The van der Waals surface area contributed by atoms with Gasteiger partial charge in [-0.2, -0.15) is 0 Å². The molecule has 2 aromatic rings. The van der Waals surface area contributed by atoms with Gasteiger partial charge in [0.1, 0.15) is 11.6 Å². The Balaban J connectivity index is 0.00000392. The molecule has 0 aliphatic carbocycles. The van der Waals surface area contributed by atoms with E-state index in [-0.39, 0.29) is 54.3 Å². The van der Waals surface area contributed by atoms with Crippen LogP contribution in [0.2, 0.25) is 0 Å². The highest BCUT2D eigenvalue weighted by atomic mass is 127. The fourth-order valence-electron chi connectivity index (χ4n) is 2.01. The van der Waals surface area contributed by atoms with Crippen LogP contribution in [-0.4, -0.2) is 31.3 Å². The summed E-state index contributed by atoms with van der Waals surface area (Å²) in [7, 11) is 0.